The molecule has 0 saturated carbocycles. The van der Waals surface area contributed by atoms with E-state index in [9.17, 15) is 0 Å². The molecule has 0 fully saturated rings. The molecule has 3 aromatic rings. The lowest BCUT2D eigenvalue weighted by Gasteiger charge is -2.15. The fourth-order valence-electron chi connectivity index (χ4n) is 3.31. The van der Waals surface area contributed by atoms with E-state index in [0.717, 1.165) is 18.1 Å². The van der Waals surface area contributed by atoms with Crippen LogP contribution in [0.1, 0.15) is 49.9 Å². The smallest absolute Gasteiger partial charge is 0.300 e. The summed E-state index contributed by atoms with van der Waals surface area (Å²) in [4.78, 5) is 9.00. The van der Waals surface area contributed by atoms with Crippen molar-refractivity contribution >= 4 is 17.3 Å². The van der Waals surface area contributed by atoms with Gasteiger partial charge in [-0.3, -0.25) is 4.79 Å². The quantitative estimate of drug-likeness (QED) is 0.407. The van der Waals surface area contributed by atoms with Crippen molar-refractivity contribution in [3.63, 3.8) is 0 Å². The Labute approximate surface area is 193 Å². The summed E-state index contributed by atoms with van der Waals surface area (Å²) in [6.07, 6.45) is 2.72. The summed E-state index contributed by atoms with van der Waals surface area (Å²) in [5, 5.41) is 16.1. The highest BCUT2D eigenvalue weighted by Crippen LogP contribution is 2.28. The van der Waals surface area contributed by atoms with Gasteiger partial charge in [-0.15, -0.1) is 0 Å². The zero-order valence-corrected chi connectivity index (χ0v) is 20.1. The molecule has 3 rings (SSSR count). The molecule has 0 amide bonds. The van der Waals surface area contributed by atoms with E-state index in [1.165, 1.54) is 27.8 Å². The first-order valence-electron chi connectivity index (χ1n) is 11.0. The van der Waals surface area contributed by atoms with Crippen molar-refractivity contribution in [3.05, 3.63) is 101 Å². The van der Waals surface area contributed by atoms with E-state index in [2.05, 4.69) is 74.5 Å². The minimum atomic E-state index is -0.833. The van der Waals surface area contributed by atoms with Crippen LogP contribution in [0, 0.1) is 19.3 Å². The standard InChI is InChI=1S/C25H25N.C2H4O2.C2H6/c1-4-23(25(26)17-21-13-9-8-10-18(21)2)24-16-22(15-14-19(24)3)20-11-6-5-7-12-20;1-2(3)4;1-2/h4-16,26H,17H2,1-3H3;1H3,(H,3,4);1-2H3/b23-4+,26-25?;;. The maximum atomic E-state index is 9.00. The van der Waals surface area contributed by atoms with Crippen LogP contribution in [0.4, 0.5) is 0 Å². The third-order valence-electron chi connectivity index (χ3n) is 4.88. The number of aliphatic carboxylic acids is 1. The van der Waals surface area contributed by atoms with Crippen LogP contribution in [0.15, 0.2) is 78.9 Å². The molecule has 0 aliphatic heterocycles. The minimum absolute atomic E-state index is 0.654. The summed E-state index contributed by atoms with van der Waals surface area (Å²) >= 11 is 0. The summed E-state index contributed by atoms with van der Waals surface area (Å²) < 4.78 is 0. The van der Waals surface area contributed by atoms with Gasteiger partial charge in [0.1, 0.15) is 0 Å². The van der Waals surface area contributed by atoms with E-state index >= 15 is 0 Å². The summed E-state index contributed by atoms with van der Waals surface area (Å²) in [7, 11) is 0. The number of carboxylic acids is 1. The van der Waals surface area contributed by atoms with Gasteiger partial charge < -0.3 is 10.5 Å². The Morgan fingerprint density at radius 3 is 2.00 bits per heavy atom. The fourth-order valence-corrected chi connectivity index (χ4v) is 3.31. The van der Waals surface area contributed by atoms with Crippen LogP contribution in [0.2, 0.25) is 0 Å². The molecule has 3 nitrogen and oxygen atoms in total. The van der Waals surface area contributed by atoms with Crippen molar-refractivity contribution in [2.45, 2.75) is 48.0 Å². The second-order valence-electron chi connectivity index (χ2n) is 7.20. The van der Waals surface area contributed by atoms with Crippen molar-refractivity contribution in [2.24, 2.45) is 0 Å². The van der Waals surface area contributed by atoms with Crippen LogP contribution >= 0.6 is 0 Å². The Bertz CT molecular complexity index is 1050. The van der Waals surface area contributed by atoms with Gasteiger partial charge in [0, 0.05) is 19.1 Å². The Morgan fingerprint density at radius 2 is 1.44 bits per heavy atom. The van der Waals surface area contributed by atoms with Crippen LogP contribution in [0.25, 0.3) is 16.7 Å². The third kappa shape index (κ3) is 7.99. The number of carboxylic acid groups (broad SMARTS) is 1. The maximum absolute atomic E-state index is 9.00. The zero-order chi connectivity index (χ0) is 24.1. The second kappa shape index (κ2) is 13.8. The predicted molar refractivity (Wildman–Crippen MR) is 138 cm³/mol. The molecule has 3 aromatic carbocycles. The summed E-state index contributed by atoms with van der Waals surface area (Å²) in [6, 6.07) is 25.3. The van der Waals surface area contributed by atoms with Crippen LogP contribution in [-0.4, -0.2) is 16.8 Å². The molecular weight excluding hydrogens is 394 g/mol. The molecule has 0 bridgehead atoms. The molecule has 0 spiro atoms. The predicted octanol–water partition coefficient (Wildman–Crippen LogP) is 7.75. The number of rotatable bonds is 5. The number of hydrogen-bond donors (Lipinski definition) is 2. The van der Waals surface area contributed by atoms with E-state index in [4.69, 9.17) is 15.3 Å². The van der Waals surface area contributed by atoms with Gasteiger partial charge in [-0.2, -0.15) is 0 Å². The first-order chi connectivity index (χ1) is 15.3. The highest BCUT2D eigenvalue weighted by atomic mass is 16.4. The van der Waals surface area contributed by atoms with Crippen LogP contribution < -0.4 is 0 Å². The van der Waals surface area contributed by atoms with Crippen LogP contribution in [0.3, 0.4) is 0 Å². The van der Waals surface area contributed by atoms with Crippen LogP contribution in [0.5, 0.6) is 0 Å². The average molecular weight is 430 g/mol. The molecule has 3 heteroatoms. The molecule has 0 aromatic heterocycles. The SMILES string of the molecule is C/C=C(/C(=N)Cc1ccccc1C)c1cc(-c2ccccc2)ccc1C.CC.CC(=O)O. The monoisotopic (exact) mass is 429 g/mol. The number of hydrogen-bond acceptors (Lipinski definition) is 2. The number of carbonyl (C=O) groups is 1. The Morgan fingerprint density at radius 1 is 0.875 bits per heavy atom. The Kier molecular flexibility index (Phi) is 11.4. The highest BCUT2D eigenvalue weighted by molar-refractivity contribution is 6.23. The van der Waals surface area contributed by atoms with E-state index < -0.39 is 5.97 Å². The zero-order valence-electron chi connectivity index (χ0n) is 20.1. The number of aryl methyl sites for hydroxylation is 2. The van der Waals surface area contributed by atoms with Gasteiger partial charge in [-0.25, -0.2) is 0 Å². The largest absolute Gasteiger partial charge is 0.481 e. The van der Waals surface area contributed by atoms with Gasteiger partial charge in [0.05, 0.1) is 0 Å². The van der Waals surface area contributed by atoms with Gasteiger partial charge in [-0.05, 0) is 65.8 Å². The molecule has 0 saturated heterocycles. The van der Waals surface area contributed by atoms with Crippen molar-refractivity contribution in [1.29, 1.82) is 5.41 Å². The Hall–Kier alpha value is -3.46. The molecular formula is C29H35NO2. The Balaban J connectivity index is 0.000000769. The number of benzene rings is 3. The van der Waals surface area contributed by atoms with Crippen molar-refractivity contribution in [1.82, 2.24) is 0 Å². The molecule has 2 N–H and O–H groups in total. The van der Waals surface area contributed by atoms with E-state index in [0.29, 0.717) is 12.1 Å². The van der Waals surface area contributed by atoms with Crippen molar-refractivity contribution in [2.75, 3.05) is 0 Å². The highest BCUT2D eigenvalue weighted by Gasteiger charge is 2.13. The molecule has 0 atom stereocenters. The fraction of sp³-hybridized carbons (Fsp3) is 0.241. The van der Waals surface area contributed by atoms with Gasteiger partial charge in [0.15, 0.2) is 0 Å². The lowest BCUT2D eigenvalue weighted by atomic mass is 9.90. The molecule has 0 heterocycles. The minimum Gasteiger partial charge on any atom is -0.481 e. The summed E-state index contributed by atoms with van der Waals surface area (Å²) in [5.74, 6) is -0.833. The second-order valence-corrected chi connectivity index (χ2v) is 7.20. The molecule has 0 unspecified atom stereocenters. The first-order valence-corrected chi connectivity index (χ1v) is 11.0. The molecule has 0 radical (unpaired) electrons. The third-order valence-corrected chi connectivity index (χ3v) is 4.88. The van der Waals surface area contributed by atoms with Gasteiger partial charge in [0.2, 0.25) is 0 Å². The van der Waals surface area contributed by atoms with Gasteiger partial charge >= 0.3 is 0 Å². The summed E-state index contributed by atoms with van der Waals surface area (Å²) in [6.45, 7) is 11.3. The van der Waals surface area contributed by atoms with E-state index in [1.807, 2.05) is 39.0 Å². The summed E-state index contributed by atoms with van der Waals surface area (Å²) in [5.41, 5.74) is 8.87. The normalized spacial score (nSPS) is 10.2. The molecule has 0 aliphatic carbocycles. The lowest BCUT2D eigenvalue weighted by Crippen LogP contribution is -2.07. The van der Waals surface area contributed by atoms with E-state index in [-0.39, 0.29) is 0 Å². The molecule has 32 heavy (non-hydrogen) atoms. The average Bonchev–Trinajstić information content (AvgIpc) is 2.79. The molecule has 168 valence electrons. The lowest BCUT2D eigenvalue weighted by molar-refractivity contribution is -0.134. The number of nitrogens with one attached hydrogen (secondary N) is 1. The van der Waals surface area contributed by atoms with E-state index in [1.54, 1.807) is 0 Å². The van der Waals surface area contributed by atoms with Crippen molar-refractivity contribution < 1.29 is 9.90 Å². The first kappa shape index (κ1) is 26.6. The maximum Gasteiger partial charge on any atom is 0.300 e. The van der Waals surface area contributed by atoms with Crippen LogP contribution in [-0.2, 0) is 11.2 Å². The van der Waals surface area contributed by atoms with Crippen molar-refractivity contribution in [3.8, 4) is 11.1 Å². The molecule has 0 aliphatic rings. The van der Waals surface area contributed by atoms with Gasteiger partial charge in [0.25, 0.3) is 5.97 Å². The van der Waals surface area contributed by atoms with Gasteiger partial charge in [-0.1, -0.05) is 86.7 Å². The number of allylic oxidation sites excluding steroid dienone is 2. The topological polar surface area (TPSA) is 61.2 Å².